The Morgan fingerprint density at radius 2 is 1.90 bits per heavy atom. The topological polar surface area (TPSA) is 70.6 Å². The summed E-state index contributed by atoms with van der Waals surface area (Å²) in [7, 11) is 0. The Morgan fingerprint density at radius 1 is 1.14 bits per heavy atom. The molecule has 0 saturated carbocycles. The van der Waals surface area contributed by atoms with Gasteiger partial charge in [-0.1, -0.05) is 47.6 Å². The fraction of sp³-hybridized carbons (Fsp3) is 0.188. The van der Waals surface area contributed by atoms with Crippen molar-refractivity contribution in [2.75, 3.05) is 6.54 Å². The van der Waals surface area contributed by atoms with Crippen LogP contribution in [0.5, 0.6) is 0 Å². The molecule has 0 saturated heterocycles. The summed E-state index contributed by atoms with van der Waals surface area (Å²) in [4.78, 5) is 0. The van der Waals surface area contributed by atoms with Crippen molar-refractivity contribution in [3.8, 4) is 0 Å². The minimum absolute atomic E-state index is 0.111. The molecule has 0 radical (unpaired) electrons. The van der Waals surface area contributed by atoms with Crippen molar-refractivity contribution in [2.24, 2.45) is 10.9 Å². The van der Waals surface area contributed by atoms with E-state index in [9.17, 15) is 4.39 Å². The summed E-state index contributed by atoms with van der Waals surface area (Å²) in [6.07, 6.45) is 0.877. The van der Waals surface area contributed by atoms with E-state index in [1.54, 1.807) is 12.1 Å². The van der Waals surface area contributed by atoms with Crippen LogP contribution in [0.3, 0.4) is 0 Å². The molecule has 0 bridgehead atoms. The summed E-state index contributed by atoms with van der Waals surface area (Å²) in [6, 6.07) is 14.9. The molecule has 0 spiro atoms. The summed E-state index contributed by atoms with van der Waals surface area (Å²) in [6.45, 7) is 1.14. The second-order valence-corrected chi connectivity index (χ2v) is 4.68. The number of hydrogen-bond acceptors (Lipinski definition) is 3. The molecule has 0 atom stereocenters. The van der Waals surface area contributed by atoms with Gasteiger partial charge in [0.05, 0.1) is 5.56 Å². The Labute approximate surface area is 123 Å². The maximum Gasteiger partial charge on any atom is 0.173 e. The van der Waals surface area contributed by atoms with Crippen LogP contribution in [0.4, 0.5) is 4.39 Å². The van der Waals surface area contributed by atoms with Crippen LogP contribution in [-0.2, 0) is 13.0 Å². The van der Waals surface area contributed by atoms with Gasteiger partial charge < -0.3 is 16.3 Å². The molecule has 0 heterocycles. The molecule has 110 valence electrons. The van der Waals surface area contributed by atoms with Crippen LogP contribution >= 0.6 is 0 Å². The Morgan fingerprint density at radius 3 is 2.62 bits per heavy atom. The standard InChI is InChI=1S/C16H18FN3O/c17-15-13(7-4-8-14(15)16(18)20-21)11-19-10-9-12-5-2-1-3-6-12/h1-8,19,21H,9-11H2,(H2,18,20). The zero-order valence-electron chi connectivity index (χ0n) is 11.6. The van der Waals surface area contributed by atoms with Gasteiger partial charge in [0.2, 0.25) is 0 Å². The van der Waals surface area contributed by atoms with Crippen molar-refractivity contribution in [1.29, 1.82) is 0 Å². The molecule has 5 heteroatoms. The van der Waals surface area contributed by atoms with Crippen LogP contribution in [0.1, 0.15) is 16.7 Å². The number of benzene rings is 2. The predicted octanol–water partition coefficient (Wildman–Crippen LogP) is 2.25. The lowest BCUT2D eigenvalue weighted by molar-refractivity contribution is 0.318. The number of hydrogen-bond donors (Lipinski definition) is 3. The lowest BCUT2D eigenvalue weighted by Gasteiger charge is -2.09. The molecule has 0 amide bonds. The number of nitrogens with two attached hydrogens (primary N) is 1. The molecule has 4 nitrogen and oxygen atoms in total. The van der Waals surface area contributed by atoms with E-state index in [4.69, 9.17) is 10.9 Å². The Balaban J connectivity index is 1.92. The molecule has 2 aromatic rings. The van der Waals surface area contributed by atoms with Gasteiger partial charge in [-0.15, -0.1) is 0 Å². The highest BCUT2D eigenvalue weighted by atomic mass is 19.1. The van der Waals surface area contributed by atoms with Crippen molar-refractivity contribution >= 4 is 5.84 Å². The van der Waals surface area contributed by atoms with Gasteiger partial charge in [0.1, 0.15) is 5.82 Å². The first-order valence-corrected chi connectivity index (χ1v) is 6.72. The number of halogens is 1. The van der Waals surface area contributed by atoms with E-state index in [0.29, 0.717) is 12.1 Å². The number of oxime groups is 1. The maximum atomic E-state index is 14.1. The van der Waals surface area contributed by atoms with Gasteiger partial charge in [-0.3, -0.25) is 0 Å². The molecule has 4 N–H and O–H groups in total. The van der Waals surface area contributed by atoms with E-state index in [0.717, 1.165) is 13.0 Å². The lowest BCUT2D eigenvalue weighted by Crippen LogP contribution is -2.20. The molecule has 0 aliphatic carbocycles. The van der Waals surface area contributed by atoms with Crippen molar-refractivity contribution < 1.29 is 9.60 Å². The number of rotatable bonds is 6. The second kappa shape index (κ2) is 7.40. The van der Waals surface area contributed by atoms with Crippen molar-refractivity contribution in [3.63, 3.8) is 0 Å². The summed E-state index contributed by atoms with van der Waals surface area (Å²) >= 11 is 0. The zero-order chi connectivity index (χ0) is 15.1. The van der Waals surface area contributed by atoms with Gasteiger partial charge >= 0.3 is 0 Å². The molecule has 0 fully saturated rings. The largest absolute Gasteiger partial charge is 0.409 e. The molecular formula is C16H18FN3O. The highest BCUT2D eigenvalue weighted by Crippen LogP contribution is 2.12. The molecular weight excluding hydrogens is 269 g/mol. The number of nitrogens with one attached hydrogen (secondary N) is 1. The molecule has 0 aliphatic heterocycles. The average Bonchev–Trinajstić information content (AvgIpc) is 2.53. The average molecular weight is 287 g/mol. The highest BCUT2D eigenvalue weighted by molar-refractivity contribution is 5.97. The smallest absolute Gasteiger partial charge is 0.173 e. The Hall–Kier alpha value is -2.40. The minimum atomic E-state index is -0.458. The molecule has 0 aromatic heterocycles. The van der Waals surface area contributed by atoms with E-state index in [1.165, 1.54) is 11.6 Å². The van der Waals surface area contributed by atoms with Crippen molar-refractivity contribution in [2.45, 2.75) is 13.0 Å². The van der Waals surface area contributed by atoms with Gasteiger partial charge in [0.25, 0.3) is 0 Å². The minimum Gasteiger partial charge on any atom is -0.409 e. The van der Waals surface area contributed by atoms with E-state index in [1.807, 2.05) is 18.2 Å². The molecule has 0 unspecified atom stereocenters. The van der Waals surface area contributed by atoms with Crippen LogP contribution in [0.15, 0.2) is 53.7 Å². The second-order valence-electron chi connectivity index (χ2n) is 4.68. The van der Waals surface area contributed by atoms with Crippen LogP contribution in [0.2, 0.25) is 0 Å². The highest BCUT2D eigenvalue weighted by Gasteiger charge is 2.10. The van der Waals surface area contributed by atoms with Crippen molar-refractivity contribution in [3.05, 3.63) is 71.0 Å². The van der Waals surface area contributed by atoms with Gasteiger partial charge in [0.15, 0.2) is 5.84 Å². The van der Waals surface area contributed by atoms with Gasteiger partial charge in [0, 0.05) is 12.1 Å². The van der Waals surface area contributed by atoms with E-state index in [2.05, 4.69) is 22.6 Å². The predicted molar refractivity (Wildman–Crippen MR) is 80.8 cm³/mol. The van der Waals surface area contributed by atoms with Gasteiger partial charge in [-0.05, 0) is 24.6 Å². The lowest BCUT2D eigenvalue weighted by atomic mass is 10.1. The van der Waals surface area contributed by atoms with Gasteiger partial charge in [-0.2, -0.15) is 0 Å². The summed E-state index contributed by atoms with van der Waals surface area (Å²) in [5.41, 5.74) is 7.27. The van der Waals surface area contributed by atoms with Crippen LogP contribution in [0.25, 0.3) is 0 Å². The first-order valence-electron chi connectivity index (χ1n) is 6.72. The third-order valence-corrected chi connectivity index (χ3v) is 3.21. The normalized spacial score (nSPS) is 11.6. The van der Waals surface area contributed by atoms with Crippen LogP contribution < -0.4 is 11.1 Å². The summed E-state index contributed by atoms with van der Waals surface area (Å²) in [5.74, 6) is -0.682. The summed E-state index contributed by atoms with van der Waals surface area (Å²) in [5, 5.41) is 14.6. The third kappa shape index (κ3) is 4.03. The molecule has 2 aromatic carbocycles. The Kier molecular flexibility index (Phi) is 5.29. The van der Waals surface area contributed by atoms with Crippen LogP contribution in [0, 0.1) is 5.82 Å². The monoisotopic (exact) mass is 287 g/mol. The first-order chi connectivity index (χ1) is 10.2. The SMILES string of the molecule is N/C(=N/O)c1cccc(CNCCc2ccccc2)c1F. The first kappa shape index (κ1) is 15.0. The van der Waals surface area contributed by atoms with E-state index < -0.39 is 5.82 Å². The Bertz CT molecular complexity index is 614. The maximum absolute atomic E-state index is 14.1. The van der Waals surface area contributed by atoms with Gasteiger partial charge in [-0.25, -0.2) is 4.39 Å². The third-order valence-electron chi connectivity index (χ3n) is 3.21. The van der Waals surface area contributed by atoms with Crippen molar-refractivity contribution in [1.82, 2.24) is 5.32 Å². The zero-order valence-corrected chi connectivity index (χ0v) is 11.6. The molecule has 21 heavy (non-hydrogen) atoms. The van der Waals surface area contributed by atoms with E-state index in [-0.39, 0.29) is 11.4 Å². The molecule has 0 aliphatic rings. The van der Waals surface area contributed by atoms with E-state index >= 15 is 0 Å². The fourth-order valence-electron chi connectivity index (χ4n) is 2.07. The number of nitrogens with zero attached hydrogens (tertiary/aromatic N) is 1. The number of amidine groups is 1. The molecule has 2 rings (SSSR count). The fourth-order valence-corrected chi connectivity index (χ4v) is 2.07. The van der Waals surface area contributed by atoms with Crippen LogP contribution in [-0.4, -0.2) is 17.6 Å². The quantitative estimate of drug-likeness (QED) is 0.251. The summed E-state index contributed by atoms with van der Waals surface area (Å²) < 4.78 is 14.1.